The van der Waals surface area contributed by atoms with Gasteiger partial charge in [-0.1, -0.05) is 6.07 Å². The Kier molecular flexibility index (Phi) is 4.29. The average Bonchev–Trinajstić information content (AvgIpc) is 2.50. The summed E-state index contributed by atoms with van der Waals surface area (Å²) in [7, 11) is 3.09. The van der Waals surface area contributed by atoms with E-state index in [9.17, 15) is 4.39 Å². The van der Waals surface area contributed by atoms with Crippen molar-refractivity contribution in [1.82, 2.24) is 0 Å². The number of hydrogen-bond donors (Lipinski definition) is 1. The predicted molar refractivity (Wildman–Crippen MR) is 77.9 cm³/mol. The van der Waals surface area contributed by atoms with E-state index in [0.29, 0.717) is 23.6 Å². The summed E-state index contributed by atoms with van der Waals surface area (Å²) in [6.45, 7) is 0. The van der Waals surface area contributed by atoms with Gasteiger partial charge in [-0.05, 0) is 17.7 Å². The van der Waals surface area contributed by atoms with Crippen LogP contribution in [0.2, 0.25) is 0 Å². The lowest BCUT2D eigenvalue weighted by Gasteiger charge is -2.14. The van der Waals surface area contributed by atoms with Crippen molar-refractivity contribution in [3.63, 3.8) is 0 Å². The van der Waals surface area contributed by atoms with Gasteiger partial charge in [0.05, 0.1) is 19.8 Å². The maximum atomic E-state index is 13.4. The minimum atomic E-state index is -0.530. The number of nitrogens with zero attached hydrogens (tertiary/aromatic N) is 1. The molecule has 4 nitrogen and oxygen atoms in total. The summed E-state index contributed by atoms with van der Waals surface area (Å²) < 4.78 is 24.0. The first-order chi connectivity index (χ1) is 10.1. The Balaban J connectivity index is 2.46. The second-order valence-corrected chi connectivity index (χ2v) is 4.51. The second-order valence-electron chi connectivity index (χ2n) is 4.51. The van der Waals surface area contributed by atoms with Crippen molar-refractivity contribution in [2.24, 2.45) is 0 Å². The summed E-state index contributed by atoms with van der Waals surface area (Å²) >= 11 is 0. The van der Waals surface area contributed by atoms with E-state index < -0.39 is 5.82 Å². The molecule has 0 radical (unpaired) electrons. The maximum Gasteiger partial charge on any atom is 0.140 e. The lowest BCUT2D eigenvalue weighted by Crippen LogP contribution is -2.00. The van der Waals surface area contributed by atoms with Gasteiger partial charge in [-0.3, -0.25) is 0 Å². The molecule has 0 fully saturated rings. The zero-order chi connectivity index (χ0) is 15.4. The van der Waals surface area contributed by atoms with Crippen molar-refractivity contribution in [3.05, 3.63) is 52.8 Å². The van der Waals surface area contributed by atoms with Gasteiger partial charge >= 0.3 is 0 Å². The molecule has 0 heterocycles. The molecule has 2 N–H and O–H groups in total. The van der Waals surface area contributed by atoms with Crippen molar-refractivity contribution in [2.45, 2.75) is 6.42 Å². The van der Waals surface area contributed by atoms with Crippen molar-refractivity contribution >= 4 is 5.69 Å². The van der Waals surface area contributed by atoms with E-state index in [4.69, 9.17) is 20.5 Å². The summed E-state index contributed by atoms with van der Waals surface area (Å²) in [6, 6.07) is 9.66. The number of ether oxygens (including phenoxy) is 2. The number of nitrogens with two attached hydrogens (primary N) is 1. The Bertz CT molecular complexity index is 683. The molecule has 0 spiro atoms. The molecule has 0 saturated heterocycles. The minimum Gasteiger partial charge on any atom is -0.496 e. The number of methoxy groups -OCH3 is 2. The molecule has 0 saturated carbocycles. The Morgan fingerprint density at radius 1 is 1.14 bits per heavy atom. The highest BCUT2D eigenvalue weighted by Gasteiger charge is 2.13. The molecule has 0 unspecified atom stereocenters. The highest BCUT2D eigenvalue weighted by atomic mass is 19.1. The number of hydrogen-bond acceptors (Lipinski definition) is 4. The van der Waals surface area contributed by atoms with Crippen LogP contribution in [0.3, 0.4) is 0 Å². The lowest BCUT2D eigenvalue weighted by molar-refractivity contribution is 0.387. The van der Waals surface area contributed by atoms with E-state index in [0.717, 1.165) is 11.1 Å². The Labute approximate surface area is 122 Å². The van der Waals surface area contributed by atoms with E-state index >= 15 is 0 Å². The molecular formula is C16H15FN2O2. The number of anilines is 1. The van der Waals surface area contributed by atoms with Gasteiger partial charge in [-0.2, -0.15) is 5.26 Å². The van der Waals surface area contributed by atoms with Crippen LogP contribution in [0.25, 0.3) is 0 Å². The quantitative estimate of drug-likeness (QED) is 0.877. The van der Waals surface area contributed by atoms with E-state index in [1.54, 1.807) is 32.4 Å². The molecule has 0 aliphatic rings. The number of benzene rings is 2. The monoisotopic (exact) mass is 286 g/mol. The first-order valence-electron chi connectivity index (χ1n) is 6.28. The summed E-state index contributed by atoms with van der Waals surface area (Å²) in [4.78, 5) is 0. The standard InChI is InChI=1S/C16H15FN2O2/c1-20-15-7-12(19)8-16(21-2)13(15)6-10-3-4-14(17)11(5-10)9-18/h3-5,7-8H,6,19H2,1-2H3. The third-order valence-electron chi connectivity index (χ3n) is 3.16. The van der Waals surface area contributed by atoms with Crippen LogP contribution in [0.15, 0.2) is 30.3 Å². The maximum absolute atomic E-state index is 13.4. The zero-order valence-corrected chi connectivity index (χ0v) is 11.8. The fraction of sp³-hybridized carbons (Fsp3) is 0.188. The van der Waals surface area contributed by atoms with Gasteiger partial charge in [-0.15, -0.1) is 0 Å². The molecule has 0 aliphatic carbocycles. The number of nitriles is 1. The van der Waals surface area contributed by atoms with Gasteiger partial charge in [0.15, 0.2) is 0 Å². The largest absolute Gasteiger partial charge is 0.496 e. The fourth-order valence-electron chi connectivity index (χ4n) is 2.15. The third-order valence-corrected chi connectivity index (χ3v) is 3.16. The SMILES string of the molecule is COc1cc(N)cc(OC)c1Cc1ccc(F)c(C#N)c1. The van der Waals surface area contributed by atoms with Crippen LogP contribution in [-0.2, 0) is 6.42 Å². The van der Waals surface area contributed by atoms with Crippen LogP contribution in [-0.4, -0.2) is 14.2 Å². The molecule has 0 aliphatic heterocycles. The van der Waals surface area contributed by atoms with Crippen LogP contribution in [0, 0.1) is 17.1 Å². The van der Waals surface area contributed by atoms with Gasteiger partial charge < -0.3 is 15.2 Å². The van der Waals surface area contributed by atoms with Gasteiger partial charge in [0.1, 0.15) is 23.4 Å². The molecule has 0 amide bonds. The Hall–Kier alpha value is -2.74. The van der Waals surface area contributed by atoms with Crippen LogP contribution < -0.4 is 15.2 Å². The number of rotatable bonds is 4. The fourth-order valence-corrected chi connectivity index (χ4v) is 2.15. The zero-order valence-electron chi connectivity index (χ0n) is 11.8. The van der Waals surface area contributed by atoms with Crippen molar-refractivity contribution in [2.75, 3.05) is 20.0 Å². The van der Waals surface area contributed by atoms with Gasteiger partial charge in [-0.25, -0.2) is 4.39 Å². The van der Waals surface area contributed by atoms with Gasteiger partial charge in [0.2, 0.25) is 0 Å². The number of nitrogen functional groups attached to an aromatic ring is 1. The molecule has 2 rings (SSSR count). The summed E-state index contributed by atoms with van der Waals surface area (Å²) in [5.74, 6) is 0.654. The molecule has 0 atom stereocenters. The Morgan fingerprint density at radius 2 is 1.76 bits per heavy atom. The minimum absolute atomic E-state index is 0.0147. The first-order valence-corrected chi connectivity index (χ1v) is 6.28. The lowest BCUT2D eigenvalue weighted by atomic mass is 10.0. The first kappa shape index (κ1) is 14.7. The normalized spacial score (nSPS) is 10.0. The third kappa shape index (κ3) is 3.06. The van der Waals surface area contributed by atoms with Crippen LogP contribution in [0.1, 0.15) is 16.7 Å². The Morgan fingerprint density at radius 3 is 2.29 bits per heavy atom. The topological polar surface area (TPSA) is 68.3 Å². The molecular weight excluding hydrogens is 271 g/mol. The summed E-state index contributed by atoms with van der Waals surface area (Å²) in [5.41, 5.74) is 7.91. The molecule has 5 heteroatoms. The van der Waals surface area contributed by atoms with E-state index in [1.807, 2.05) is 6.07 Å². The molecule has 0 aromatic heterocycles. The van der Waals surface area contributed by atoms with Crippen molar-refractivity contribution in [3.8, 4) is 17.6 Å². The van der Waals surface area contributed by atoms with Gasteiger partial charge in [0, 0.05) is 29.8 Å². The van der Waals surface area contributed by atoms with E-state index in [-0.39, 0.29) is 5.56 Å². The second kappa shape index (κ2) is 6.14. The highest BCUT2D eigenvalue weighted by Crippen LogP contribution is 2.33. The predicted octanol–water partition coefficient (Wildman–Crippen LogP) is 2.89. The molecule has 0 bridgehead atoms. The van der Waals surface area contributed by atoms with Crippen LogP contribution >= 0.6 is 0 Å². The van der Waals surface area contributed by atoms with E-state index in [2.05, 4.69) is 0 Å². The smallest absolute Gasteiger partial charge is 0.140 e. The van der Waals surface area contributed by atoms with E-state index in [1.165, 1.54) is 12.1 Å². The molecule has 2 aromatic carbocycles. The van der Waals surface area contributed by atoms with Crippen LogP contribution in [0.5, 0.6) is 11.5 Å². The van der Waals surface area contributed by atoms with Crippen LogP contribution in [0.4, 0.5) is 10.1 Å². The van der Waals surface area contributed by atoms with Crippen molar-refractivity contribution < 1.29 is 13.9 Å². The molecule has 108 valence electrons. The van der Waals surface area contributed by atoms with Crippen molar-refractivity contribution in [1.29, 1.82) is 5.26 Å². The summed E-state index contributed by atoms with van der Waals surface area (Å²) in [6.07, 6.45) is 0.446. The number of halogens is 1. The molecule has 21 heavy (non-hydrogen) atoms. The average molecular weight is 286 g/mol. The summed E-state index contributed by atoms with van der Waals surface area (Å²) in [5, 5.41) is 8.89. The van der Waals surface area contributed by atoms with Gasteiger partial charge in [0.25, 0.3) is 0 Å². The highest BCUT2D eigenvalue weighted by molar-refractivity contribution is 5.58. The molecule has 2 aromatic rings.